The van der Waals surface area contributed by atoms with Gasteiger partial charge in [0.2, 0.25) is 5.91 Å². The summed E-state index contributed by atoms with van der Waals surface area (Å²) in [7, 11) is 1.92. The first-order chi connectivity index (χ1) is 19.4. The van der Waals surface area contributed by atoms with E-state index >= 15 is 0 Å². The Bertz CT molecular complexity index is 1470. The maximum absolute atomic E-state index is 13.9. The molecule has 4 aromatic rings. The van der Waals surface area contributed by atoms with Gasteiger partial charge in [0.25, 0.3) is 0 Å². The molecule has 40 heavy (non-hydrogen) atoms. The molecule has 2 atom stereocenters. The molecule has 1 N–H and O–H groups in total. The lowest BCUT2D eigenvalue weighted by Gasteiger charge is -2.27. The van der Waals surface area contributed by atoms with Crippen LogP contribution in [0.1, 0.15) is 67.1 Å². The normalized spacial score (nSPS) is 15.8. The molecule has 0 saturated heterocycles. The molecular formula is C32H34F2N4OS. The van der Waals surface area contributed by atoms with Gasteiger partial charge in [-0.3, -0.25) is 9.52 Å². The zero-order chi connectivity index (χ0) is 28.1. The van der Waals surface area contributed by atoms with Crippen LogP contribution >= 0.6 is 11.9 Å². The Balaban J connectivity index is 1.43. The van der Waals surface area contributed by atoms with Gasteiger partial charge in [0.1, 0.15) is 17.5 Å². The van der Waals surface area contributed by atoms with Crippen molar-refractivity contribution >= 4 is 23.5 Å². The molecule has 1 amide bonds. The number of anilines is 1. The van der Waals surface area contributed by atoms with Crippen molar-refractivity contribution < 1.29 is 13.6 Å². The number of fused-ring (bicyclic) bond motifs is 1. The molecule has 0 fully saturated rings. The van der Waals surface area contributed by atoms with Crippen LogP contribution < -0.4 is 9.62 Å². The summed E-state index contributed by atoms with van der Waals surface area (Å²) in [4.78, 5) is 20.9. The van der Waals surface area contributed by atoms with Crippen LogP contribution in [0.2, 0.25) is 0 Å². The molecule has 0 spiro atoms. The van der Waals surface area contributed by atoms with E-state index in [0.717, 1.165) is 53.2 Å². The van der Waals surface area contributed by atoms with Gasteiger partial charge in [-0.2, -0.15) is 0 Å². The van der Waals surface area contributed by atoms with Gasteiger partial charge >= 0.3 is 0 Å². The van der Waals surface area contributed by atoms with E-state index in [2.05, 4.69) is 21.8 Å². The van der Waals surface area contributed by atoms with Crippen molar-refractivity contribution in [2.75, 3.05) is 4.90 Å². The molecule has 1 heterocycles. The highest BCUT2D eigenvalue weighted by Crippen LogP contribution is 2.35. The van der Waals surface area contributed by atoms with Crippen molar-refractivity contribution in [1.29, 1.82) is 0 Å². The van der Waals surface area contributed by atoms with Gasteiger partial charge in [-0.1, -0.05) is 37.6 Å². The molecule has 5 nitrogen and oxygen atoms in total. The summed E-state index contributed by atoms with van der Waals surface area (Å²) in [6.45, 7) is 2.28. The van der Waals surface area contributed by atoms with Gasteiger partial charge in [0.05, 0.1) is 6.54 Å². The Kier molecular flexibility index (Phi) is 8.97. The SMILES string of the molecule is C[C@@H](CC(=O)N(Cc1nccn1C)c1ccc2c(c1)C(NSc1cccc(F)c1)CCCC2)c1cccc(F)c1. The summed E-state index contributed by atoms with van der Waals surface area (Å²) in [6, 6.07) is 19.4. The highest BCUT2D eigenvalue weighted by Gasteiger charge is 2.25. The smallest absolute Gasteiger partial charge is 0.228 e. The van der Waals surface area contributed by atoms with Crippen LogP contribution in [0.3, 0.4) is 0 Å². The summed E-state index contributed by atoms with van der Waals surface area (Å²) >= 11 is 1.43. The molecule has 3 aromatic carbocycles. The van der Waals surface area contributed by atoms with Gasteiger partial charge in [-0.25, -0.2) is 13.8 Å². The second-order valence-corrected chi connectivity index (χ2v) is 11.4. The van der Waals surface area contributed by atoms with Crippen LogP contribution in [-0.4, -0.2) is 15.5 Å². The molecule has 0 radical (unpaired) electrons. The average Bonchev–Trinajstić information content (AvgIpc) is 3.24. The Morgan fingerprint density at radius 3 is 2.65 bits per heavy atom. The summed E-state index contributed by atoms with van der Waals surface area (Å²) < 4.78 is 33.1. The minimum Gasteiger partial charge on any atom is -0.337 e. The number of carbonyl (C=O) groups excluding carboxylic acids is 1. The van der Waals surface area contributed by atoms with Crippen LogP contribution in [0.25, 0.3) is 0 Å². The monoisotopic (exact) mass is 560 g/mol. The molecule has 0 bridgehead atoms. The number of rotatable bonds is 9. The van der Waals surface area contributed by atoms with Gasteiger partial charge in [0, 0.05) is 42.5 Å². The zero-order valence-electron chi connectivity index (χ0n) is 22.8. The zero-order valence-corrected chi connectivity index (χ0v) is 23.6. The largest absolute Gasteiger partial charge is 0.337 e. The number of imidazole rings is 1. The van der Waals surface area contributed by atoms with Crippen LogP contribution in [0.15, 0.2) is 84.0 Å². The molecule has 208 valence electrons. The van der Waals surface area contributed by atoms with Crippen LogP contribution in [0.5, 0.6) is 0 Å². The standard InChI is InChI=1S/C32H34F2N4OS/c1-22(24-8-5-9-25(33)18-24)17-32(39)38(21-31-35-15-16-37(31)2)27-14-13-23-7-3-4-12-30(29(23)20-27)36-40-28-11-6-10-26(34)19-28/h5-6,8-11,13-16,18-20,22,30,36H,3-4,7,12,17,21H2,1-2H3/t22-,30?/m0/s1. The quantitative estimate of drug-likeness (QED) is 0.170. The molecule has 0 saturated carbocycles. The molecule has 0 aliphatic heterocycles. The fourth-order valence-electron chi connectivity index (χ4n) is 5.23. The number of halogens is 2. The molecule has 8 heteroatoms. The van der Waals surface area contributed by atoms with E-state index < -0.39 is 0 Å². The Labute approximate surface area is 238 Å². The summed E-state index contributed by atoms with van der Waals surface area (Å²) in [5, 5.41) is 0. The predicted octanol–water partition coefficient (Wildman–Crippen LogP) is 7.49. The lowest BCUT2D eigenvalue weighted by Crippen LogP contribution is -2.32. The molecule has 1 aromatic heterocycles. The van der Waals surface area contributed by atoms with E-state index in [1.807, 2.05) is 42.9 Å². The number of hydrogen-bond acceptors (Lipinski definition) is 4. The maximum atomic E-state index is 13.9. The average molecular weight is 561 g/mol. The summed E-state index contributed by atoms with van der Waals surface area (Å²) in [5.41, 5.74) is 4.03. The Morgan fingerprint density at radius 2 is 1.90 bits per heavy atom. The van der Waals surface area contributed by atoms with Crippen molar-refractivity contribution in [1.82, 2.24) is 14.3 Å². The Morgan fingerprint density at radius 1 is 1.10 bits per heavy atom. The second-order valence-electron chi connectivity index (χ2n) is 10.5. The third-order valence-electron chi connectivity index (χ3n) is 7.54. The Hall–Kier alpha value is -3.49. The minimum absolute atomic E-state index is 0.0491. The van der Waals surface area contributed by atoms with E-state index in [0.29, 0.717) is 6.54 Å². The first-order valence-electron chi connectivity index (χ1n) is 13.7. The number of benzene rings is 3. The van der Waals surface area contributed by atoms with Crippen LogP contribution in [0.4, 0.5) is 14.5 Å². The number of hydrogen-bond donors (Lipinski definition) is 1. The topological polar surface area (TPSA) is 50.2 Å². The number of nitrogens with one attached hydrogen (secondary N) is 1. The third kappa shape index (κ3) is 6.80. The third-order valence-corrected chi connectivity index (χ3v) is 8.43. The lowest BCUT2D eigenvalue weighted by atomic mass is 9.96. The van der Waals surface area contributed by atoms with Gasteiger partial charge in [-0.15, -0.1) is 0 Å². The van der Waals surface area contributed by atoms with E-state index in [1.54, 1.807) is 23.2 Å². The fraction of sp³-hybridized carbons (Fsp3) is 0.312. The second kappa shape index (κ2) is 12.8. The van der Waals surface area contributed by atoms with Crippen molar-refractivity contribution in [3.05, 3.63) is 113 Å². The predicted molar refractivity (Wildman–Crippen MR) is 156 cm³/mol. The molecular weight excluding hydrogens is 526 g/mol. The van der Waals surface area contributed by atoms with Crippen molar-refractivity contribution in [2.24, 2.45) is 7.05 Å². The van der Waals surface area contributed by atoms with Crippen molar-refractivity contribution in [2.45, 2.75) is 62.4 Å². The number of nitrogens with zero attached hydrogens (tertiary/aromatic N) is 3. The van der Waals surface area contributed by atoms with E-state index in [-0.39, 0.29) is 35.9 Å². The summed E-state index contributed by atoms with van der Waals surface area (Å²) in [5.74, 6) is 0.0170. The lowest BCUT2D eigenvalue weighted by molar-refractivity contribution is -0.119. The van der Waals surface area contributed by atoms with Crippen LogP contribution in [-0.2, 0) is 24.8 Å². The fourth-order valence-corrected chi connectivity index (χ4v) is 6.07. The van der Waals surface area contributed by atoms with E-state index in [4.69, 9.17) is 0 Å². The number of carbonyl (C=O) groups is 1. The highest BCUT2D eigenvalue weighted by molar-refractivity contribution is 7.97. The molecule has 1 aliphatic carbocycles. The van der Waals surface area contributed by atoms with E-state index in [9.17, 15) is 13.6 Å². The van der Waals surface area contributed by atoms with Crippen molar-refractivity contribution in [3.8, 4) is 0 Å². The van der Waals surface area contributed by atoms with Crippen molar-refractivity contribution in [3.63, 3.8) is 0 Å². The maximum Gasteiger partial charge on any atom is 0.228 e. The van der Waals surface area contributed by atoms with Crippen LogP contribution in [0, 0.1) is 11.6 Å². The summed E-state index contributed by atoms with van der Waals surface area (Å²) in [6.07, 6.45) is 7.93. The van der Waals surface area contributed by atoms with Gasteiger partial charge < -0.3 is 9.47 Å². The number of aryl methyl sites for hydroxylation is 2. The number of amides is 1. The minimum atomic E-state index is -0.304. The van der Waals surface area contributed by atoms with Gasteiger partial charge in [0.15, 0.2) is 0 Å². The van der Waals surface area contributed by atoms with E-state index in [1.165, 1.54) is 41.8 Å². The molecule has 1 aliphatic rings. The highest BCUT2D eigenvalue weighted by atomic mass is 32.2. The molecule has 5 rings (SSSR count). The molecule has 1 unspecified atom stereocenters. The first kappa shape index (κ1) is 28.1. The first-order valence-corrected chi connectivity index (χ1v) is 14.5. The number of aromatic nitrogens is 2. The van der Waals surface area contributed by atoms with Gasteiger partial charge in [-0.05, 0) is 96.3 Å².